The van der Waals surface area contributed by atoms with Crippen molar-refractivity contribution in [3.05, 3.63) is 47.2 Å². The van der Waals surface area contributed by atoms with Crippen molar-refractivity contribution in [2.24, 2.45) is 0 Å². The highest BCUT2D eigenvalue weighted by atomic mass is 32.2. The van der Waals surface area contributed by atoms with Crippen molar-refractivity contribution in [2.45, 2.75) is 24.5 Å². The van der Waals surface area contributed by atoms with Crippen molar-refractivity contribution < 1.29 is 12.8 Å². The van der Waals surface area contributed by atoms with Crippen molar-refractivity contribution in [1.82, 2.24) is 10.2 Å². The van der Waals surface area contributed by atoms with Gasteiger partial charge in [0.1, 0.15) is 4.21 Å². The summed E-state index contributed by atoms with van der Waals surface area (Å²) in [7, 11) is -3.63. The van der Waals surface area contributed by atoms with Gasteiger partial charge in [0, 0.05) is 17.5 Å². The van der Waals surface area contributed by atoms with Gasteiger partial charge >= 0.3 is 0 Å². The average Bonchev–Trinajstić information content (AvgIpc) is 3.18. The van der Waals surface area contributed by atoms with E-state index in [4.69, 9.17) is 4.42 Å². The maximum absolute atomic E-state index is 12.4. The summed E-state index contributed by atoms with van der Waals surface area (Å²) in [5, 5.41) is 9.49. The highest BCUT2D eigenvalue weighted by molar-refractivity contribution is 7.94. The topological polar surface area (TPSA) is 85.1 Å². The van der Waals surface area contributed by atoms with Crippen LogP contribution in [0, 0.1) is 6.92 Å². The molecule has 0 aliphatic carbocycles. The third-order valence-corrected chi connectivity index (χ3v) is 5.98. The van der Waals surface area contributed by atoms with Crippen molar-refractivity contribution in [3.8, 4) is 11.5 Å². The second-order valence-electron chi connectivity index (χ2n) is 4.98. The molecule has 0 saturated heterocycles. The predicted octanol–water partition coefficient (Wildman–Crippen LogP) is 3.47. The lowest BCUT2D eigenvalue weighted by Crippen LogP contribution is -2.11. The fourth-order valence-corrected chi connectivity index (χ4v) is 4.12. The fourth-order valence-electron chi connectivity index (χ4n) is 1.91. The minimum absolute atomic E-state index is 0.198. The van der Waals surface area contributed by atoms with Gasteiger partial charge in [0.2, 0.25) is 11.8 Å². The Labute approximate surface area is 138 Å². The molecule has 0 amide bonds. The van der Waals surface area contributed by atoms with Crippen molar-refractivity contribution in [1.29, 1.82) is 0 Å². The quantitative estimate of drug-likeness (QED) is 0.762. The number of nitrogens with zero attached hydrogens (tertiary/aromatic N) is 2. The Morgan fingerprint density at radius 3 is 2.61 bits per heavy atom. The van der Waals surface area contributed by atoms with Crippen LogP contribution in [0.4, 0.5) is 5.69 Å². The molecule has 1 aromatic carbocycles. The summed E-state index contributed by atoms with van der Waals surface area (Å²) in [6.07, 6.45) is 0.636. The van der Waals surface area contributed by atoms with Crippen LogP contribution in [0.25, 0.3) is 11.5 Å². The van der Waals surface area contributed by atoms with Crippen molar-refractivity contribution >= 4 is 27.0 Å². The van der Waals surface area contributed by atoms with Gasteiger partial charge in [0.25, 0.3) is 10.0 Å². The van der Waals surface area contributed by atoms with E-state index >= 15 is 0 Å². The van der Waals surface area contributed by atoms with Crippen molar-refractivity contribution in [2.75, 3.05) is 4.72 Å². The van der Waals surface area contributed by atoms with Crippen LogP contribution >= 0.6 is 11.3 Å². The summed E-state index contributed by atoms with van der Waals surface area (Å²) >= 11 is 1.11. The molecule has 0 aliphatic heterocycles. The molecule has 0 saturated carbocycles. The van der Waals surface area contributed by atoms with Gasteiger partial charge in [0.05, 0.1) is 5.56 Å². The second-order valence-corrected chi connectivity index (χ2v) is 7.80. The maximum Gasteiger partial charge on any atom is 0.271 e. The van der Waals surface area contributed by atoms with Gasteiger partial charge in [-0.25, -0.2) is 8.42 Å². The Morgan fingerprint density at radius 2 is 1.96 bits per heavy atom. The number of benzene rings is 1. The molecular formula is C15H15N3O3S2. The van der Waals surface area contributed by atoms with Crippen LogP contribution in [0.15, 0.2) is 44.3 Å². The predicted molar refractivity (Wildman–Crippen MR) is 89.0 cm³/mol. The molecule has 0 aliphatic rings. The first kappa shape index (κ1) is 15.7. The monoisotopic (exact) mass is 349 g/mol. The second kappa shape index (κ2) is 6.13. The minimum atomic E-state index is -3.63. The molecule has 3 rings (SSSR count). The lowest BCUT2D eigenvalue weighted by molar-refractivity contribution is 0.513. The first-order valence-corrected chi connectivity index (χ1v) is 9.35. The van der Waals surface area contributed by atoms with E-state index in [0.717, 1.165) is 16.9 Å². The third kappa shape index (κ3) is 3.43. The molecular weight excluding hydrogens is 334 g/mol. The molecule has 2 heterocycles. The van der Waals surface area contributed by atoms with Crippen LogP contribution in [0.2, 0.25) is 0 Å². The summed E-state index contributed by atoms with van der Waals surface area (Å²) < 4.78 is 33.1. The SMILES string of the molecule is CCc1nnc(-c2csc(S(=O)(=O)Nc3ccc(C)cc3)c2)o1. The maximum atomic E-state index is 12.4. The first-order valence-electron chi connectivity index (χ1n) is 6.98. The number of aryl methyl sites for hydroxylation is 2. The van der Waals surface area contributed by atoms with Crippen LogP contribution in [0.5, 0.6) is 0 Å². The normalized spacial score (nSPS) is 11.6. The summed E-state index contributed by atoms with van der Waals surface area (Å²) in [5.41, 5.74) is 2.19. The van der Waals surface area contributed by atoms with Gasteiger partial charge in [-0.3, -0.25) is 4.72 Å². The molecule has 1 N–H and O–H groups in total. The van der Waals surface area contributed by atoms with E-state index in [1.807, 2.05) is 26.0 Å². The van der Waals surface area contributed by atoms with E-state index < -0.39 is 10.0 Å². The van der Waals surface area contributed by atoms with Crippen molar-refractivity contribution in [3.63, 3.8) is 0 Å². The third-order valence-electron chi connectivity index (χ3n) is 3.16. The molecule has 0 bridgehead atoms. The standard InChI is InChI=1S/C15H15N3O3S2/c1-3-13-16-17-15(21-13)11-8-14(22-9-11)23(19,20)18-12-6-4-10(2)5-7-12/h4-9,18H,3H2,1-2H3. The molecule has 0 spiro atoms. The van der Waals surface area contributed by atoms with E-state index in [-0.39, 0.29) is 4.21 Å². The molecule has 6 nitrogen and oxygen atoms in total. The Bertz CT molecular complexity index is 912. The molecule has 0 unspecified atom stereocenters. The number of hydrogen-bond acceptors (Lipinski definition) is 6. The zero-order valence-corrected chi connectivity index (χ0v) is 14.2. The van der Waals surface area contributed by atoms with Crippen LogP contribution in [-0.2, 0) is 16.4 Å². The number of sulfonamides is 1. The Morgan fingerprint density at radius 1 is 1.22 bits per heavy atom. The highest BCUT2D eigenvalue weighted by Crippen LogP contribution is 2.29. The van der Waals surface area contributed by atoms with Crippen LogP contribution in [-0.4, -0.2) is 18.6 Å². The van der Waals surface area contributed by atoms with Gasteiger partial charge in [-0.05, 0) is 25.1 Å². The molecule has 0 atom stereocenters. The van der Waals surface area contributed by atoms with E-state index in [9.17, 15) is 8.42 Å². The Kier molecular flexibility index (Phi) is 4.18. The summed E-state index contributed by atoms with van der Waals surface area (Å²) in [6.45, 7) is 3.85. The Balaban J connectivity index is 1.84. The van der Waals surface area contributed by atoms with E-state index in [1.54, 1.807) is 17.5 Å². The average molecular weight is 349 g/mol. The largest absolute Gasteiger partial charge is 0.421 e. The van der Waals surface area contributed by atoms with Gasteiger partial charge in [-0.2, -0.15) is 0 Å². The van der Waals surface area contributed by atoms with Crippen LogP contribution < -0.4 is 4.72 Å². The van der Waals surface area contributed by atoms with Gasteiger partial charge in [-0.1, -0.05) is 24.6 Å². The first-order chi connectivity index (χ1) is 11.0. The number of aromatic nitrogens is 2. The number of hydrogen-bond donors (Lipinski definition) is 1. The van der Waals surface area contributed by atoms with Gasteiger partial charge in [-0.15, -0.1) is 21.5 Å². The zero-order valence-electron chi connectivity index (χ0n) is 12.6. The number of anilines is 1. The lowest BCUT2D eigenvalue weighted by atomic mass is 10.2. The van der Waals surface area contributed by atoms with Crippen LogP contribution in [0.3, 0.4) is 0 Å². The summed E-state index contributed by atoms with van der Waals surface area (Å²) in [6, 6.07) is 8.69. The van der Waals surface area contributed by atoms with Gasteiger partial charge in [0.15, 0.2) is 0 Å². The Hall–Kier alpha value is -2.19. The zero-order chi connectivity index (χ0) is 16.4. The fraction of sp³-hybridized carbons (Fsp3) is 0.200. The van der Waals surface area contributed by atoms with E-state index in [1.165, 1.54) is 6.07 Å². The minimum Gasteiger partial charge on any atom is -0.421 e. The van der Waals surface area contributed by atoms with E-state index in [2.05, 4.69) is 14.9 Å². The molecule has 2 aromatic heterocycles. The van der Waals surface area contributed by atoms with Gasteiger partial charge < -0.3 is 4.42 Å². The number of nitrogens with one attached hydrogen (secondary N) is 1. The summed E-state index contributed by atoms with van der Waals surface area (Å²) in [4.78, 5) is 0. The molecule has 8 heteroatoms. The molecule has 0 fully saturated rings. The smallest absolute Gasteiger partial charge is 0.271 e. The highest BCUT2D eigenvalue weighted by Gasteiger charge is 2.19. The molecule has 0 radical (unpaired) electrons. The molecule has 23 heavy (non-hydrogen) atoms. The van der Waals surface area contributed by atoms with E-state index in [0.29, 0.717) is 29.5 Å². The molecule has 120 valence electrons. The molecule has 3 aromatic rings. The number of rotatable bonds is 5. The number of thiophene rings is 1. The summed E-state index contributed by atoms with van der Waals surface area (Å²) in [5.74, 6) is 0.850. The van der Waals surface area contributed by atoms with Crippen LogP contribution in [0.1, 0.15) is 18.4 Å². The lowest BCUT2D eigenvalue weighted by Gasteiger charge is -2.06.